The summed E-state index contributed by atoms with van der Waals surface area (Å²) in [7, 11) is -1.13. The first-order valence-electron chi connectivity index (χ1n) is 5.35. The van der Waals surface area contributed by atoms with Crippen LogP contribution in [0.2, 0.25) is 0 Å². The maximum absolute atomic E-state index is 12.9. The lowest BCUT2D eigenvalue weighted by Gasteiger charge is -2.07. The number of hydrogen-bond donors (Lipinski definition) is 0. The number of ether oxygens (including phenoxy) is 1. The number of hydrogen-bond acceptors (Lipinski definition) is 2. The fourth-order valence-corrected chi connectivity index (χ4v) is 2.33. The Balaban J connectivity index is 2.35. The number of rotatable bonds is 6. The summed E-state index contributed by atoms with van der Waals surface area (Å²) in [6, 6.07) is 5.93. The Morgan fingerprint density at radius 1 is 1.44 bits per heavy atom. The molecule has 2 nitrogen and oxygen atoms in total. The fraction of sp³-hybridized carbons (Fsp3) is 0.500. The zero-order chi connectivity index (χ0) is 12.0. The summed E-state index contributed by atoms with van der Waals surface area (Å²) < 4.78 is 29.9. The average Bonchev–Trinajstić information content (AvgIpc) is 2.24. The third kappa shape index (κ3) is 4.86. The van der Waals surface area contributed by atoms with E-state index in [-0.39, 0.29) is 11.9 Å². The molecule has 4 heteroatoms. The summed E-state index contributed by atoms with van der Waals surface area (Å²) in [6.07, 6.45) is 0.920. The normalized spacial score (nSPS) is 13.0. The van der Waals surface area contributed by atoms with Crippen molar-refractivity contribution in [1.82, 2.24) is 0 Å². The van der Waals surface area contributed by atoms with Crippen molar-refractivity contribution in [2.75, 3.05) is 12.4 Å². The molecule has 16 heavy (non-hydrogen) atoms. The summed E-state index contributed by atoms with van der Waals surface area (Å²) in [5.41, 5.74) is 0. The molecule has 90 valence electrons. The van der Waals surface area contributed by atoms with Gasteiger partial charge in [-0.1, -0.05) is 6.07 Å². The summed E-state index contributed by atoms with van der Waals surface area (Å²) >= 11 is 0. The molecule has 0 aliphatic heterocycles. The molecule has 0 aromatic heterocycles. The molecule has 0 radical (unpaired) electrons. The highest BCUT2D eigenvalue weighted by Crippen LogP contribution is 2.09. The molecule has 1 atom stereocenters. The third-order valence-electron chi connectivity index (χ3n) is 1.98. The predicted molar refractivity (Wildman–Crippen MR) is 63.4 cm³/mol. The number of benzene rings is 1. The van der Waals surface area contributed by atoms with Gasteiger partial charge in [-0.25, -0.2) is 4.39 Å². The summed E-state index contributed by atoms with van der Waals surface area (Å²) in [4.78, 5) is 0.546. The van der Waals surface area contributed by atoms with E-state index in [1.165, 1.54) is 12.1 Å². The van der Waals surface area contributed by atoms with Crippen molar-refractivity contribution in [3.8, 4) is 0 Å². The van der Waals surface area contributed by atoms with Crippen molar-refractivity contribution in [2.45, 2.75) is 31.3 Å². The van der Waals surface area contributed by atoms with E-state index in [1.807, 2.05) is 13.8 Å². The summed E-state index contributed by atoms with van der Waals surface area (Å²) in [5, 5.41) is 0. The molecule has 0 aliphatic carbocycles. The maximum Gasteiger partial charge on any atom is 0.124 e. The van der Waals surface area contributed by atoms with E-state index in [9.17, 15) is 8.60 Å². The lowest BCUT2D eigenvalue weighted by molar-refractivity contribution is 0.0798. The van der Waals surface area contributed by atoms with E-state index in [2.05, 4.69) is 0 Å². The Morgan fingerprint density at radius 2 is 2.19 bits per heavy atom. The minimum atomic E-state index is -1.13. The molecule has 0 fully saturated rings. The van der Waals surface area contributed by atoms with Crippen molar-refractivity contribution in [3.63, 3.8) is 0 Å². The molecule has 1 rings (SSSR count). The Hall–Kier alpha value is -0.740. The van der Waals surface area contributed by atoms with Crippen LogP contribution in [0.15, 0.2) is 29.2 Å². The first kappa shape index (κ1) is 13.3. The molecule has 1 aromatic carbocycles. The molecule has 0 saturated heterocycles. The van der Waals surface area contributed by atoms with Crippen LogP contribution < -0.4 is 0 Å². The molecule has 1 aromatic rings. The Morgan fingerprint density at radius 3 is 2.81 bits per heavy atom. The van der Waals surface area contributed by atoms with Crippen LogP contribution in [-0.4, -0.2) is 22.7 Å². The molecular formula is C12H17FO2S. The fourth-order valence-electron chi connectivity index (χ4n) is 1.24. The van der Waals surface area contributed by atoms with E-state index in [0.29, 0.717) is 17.3 Å². The zero-order valence-corrected chi connectivity index (χ0v) is 10.4. The summed E-state index contributed by atoms with van der Waals surface area (Å²) in [6.45, 7) is 4.52. The molecule has 0 spiro atoms. The molecule has 0 bridgehead atoms. The lowest BCUT2D eigenvalue weighted by Crippen LogP contribution is -2.07. The van der Waals surface area contributed by atoms with Crippen LogP contribution >= 0.6 is 0 Å². The van der Waals surface area contributed by atoms with E-state index in [1.54, 1.807) is 12.1 Å². The van der Waals surface area contributed by atoms with Crippen molar-refractivity contribution < 1.29 is 13.3 Å². The zero-order valence-electron chi connectivity index (χ0n) is 9.61. The smallest absolute Gasteiger partial charge is 0.124 e. The van der Waals surface area contributed by atoms with Gasteiger partial charge in [0.15, 0.2) is 0 Å². The lowest BCUT2D eigenvalue weighted by atomic mass is 10.4. The van der Waals surface area contributed by atoms with Gasteiger partial charge in [-0.3, -0.25) is 4.21 Å². The second-order valence-corrected chi connectivity index (χ2v) is 5.35. The Labute approximate surface area is 98.3 Å². The molecule has 0 N–H and O–H groups in total. The quantitative estimate of drug-likeness (QED) is 0.719. The Bertz CT molecular complexity index is 353. The van der Waals surface area contributed by atoms with Gasteiger partial charge in [-0.05, 0) is 38.5 Å². The number of halogens is 1. The van der Waals surface area contributed by atoms with E-state index in [0.717, 1.165) is 6.42 Å². The average molecular weight is 244 g/mol. The minimum absolute atomic E-state index is 0.197. The van der Waals surface area contributed by atoms with Gasteiger partial charge in [0.2, 0.25) is 0 Å². The first-order valence-corrected chi connectivity index (χ1v) is 6.67. The molecule has 0 amide bonds. The SMILES string of the molecule is CC(C)OCCC[S@@](=O)c1cccc(F)c1. The first-order chi connectivity index (χ1) is 7.59. The van der Waals surface area contributed by atoms with Crippen LogP contribution in [0.25, 0.3) is 0 Å². The van der Waals surface area contributed by atoms with Crippen molar-refractivity contribution in [1.29, 1.82) is 0 Å². The van der Waals surface area contributed by atoms with E-state index >= 15 is 0 Å². The molecular weight excluding hydrogens is 227 g/mol. The van der Waals surface area contributed by atoms with Crippen molar-refractivity contribution in [2.24, 2.45) is 0 Å². The topological polar surface area (TPSA) is 26.3 Å². The highest BCUT2D eigenvalue weighted by molar-refractivity contribution is 7.85. The van der Waals surface area contributed by atoms with Gasteiger partial charge in [0, 0.05) is 17.3 Å². The van der Waals surface area contributed by atoms with Gasteiger partial charge < -0.3 is 4.74 Å². The highest BCUT2D eigenvalue weighted by atomic mass is 32.2. The monoisotopic (exact) mass is 244 g/mol. The predicted octanol–water partition coefficient (Wildman–Crippen LogP) is 2.75. The van der Waals surface area contributed by atoms with Gasteiger partial charge >= 0.3 is 0 Å². The van der Waals surface area contributed by atoms with Crippen LogP contribution in [0.4, 0.5) is 4.39 Å². The van der Waals surface area contributed by atoms with Crippen LogP contribution in [0, 0.1) is 5.82 Å². The van der Waals surface area contributed by atoms with Crippen LogP contribution in [0.3, 0.4) is 0 Å². The Kier molecular flexibility index (Phi) is 5.63. The van der Waals surface area contributed by atoms with Crippen LogP contribution in [0.1, 0.15) is 20.3 Å². The molecule has 0 aliphatic rings. The van der Waals surface area contributed by atoms with Gasteiger partial charge in [0.25, 0.3) is 0 Å². The van der Waals surface area contributed by atoms with Gasteiger partial charge in [-0.15, -0.1) is 0 Å². The molecule has 0 unspecified atom stereocenters. The van der Waals surface area contributed by atoms with Gasteiger partial charge in [0.05, 0.1) is 16.9 Å². The van der Waals surface area contributed by atoms with Crippen LogP contribution in [-0.2, 0) is 15.5 Å². The standard InChI is InChI=1S/C12H17FO2S/c1-10(2)15-7-4-8-16(14)12-6-3-5-11(13)9-12/h3,5-6,9-10H,4,7-8H2,1-2H3/t16-/m1/s1. The second-order valence-electron chi connectivity index (χ2n) is 3.78. The van der Waals surface area contributed by atoms with E-state index in [4.69, 9.17) is 4.74 Å². The maximum atomic E-state index is 12.9. The minimum Gasteiger partial charge on any atom is -0.379 e. The van der Waals surface area contributed by atoms with Crippen molar-refractivity contribution in [3.05, 3.63) is 30.1 Å². The largest absolute Gasteiger partial charge is 0.379 e. The van der Waals surface area contributed by atoms with Gasteiger partial charge in [0.1, 0.15) is 5.82 Å². The highest BCUT2D eigenvalue weighted by Gasteiger charge is 2.04. The van der Waals surface area contributed by atoms with Crippen LogP contribution in [0.5, 0.6) is 0 Å². The van der Waals surface area contributed by atoms with E-state index < -0.39 is 10.8 Å². The molecule has 0 saturated carbocycles. The summed E-state index contributed by atoms with van der Waals surface area (Å²) in [5.74, 6) is 0.167. The second kappa shape index (κ2) is 6.76. The third-order valence-corrected chi connectivity index (χ3v) is 3.42. The van der Waals surface area contributed by atoms with Gasteiger partial charge in [-0.2, -0.15) is 0 Å². The van der Waals surface area contributed by atoms with Crippen molar-refractivity contribution >= 4 is 10.8 Å². The molecule has 0 heterocycles.